The van der Waals surface area contributed by atoms with Crippen LogP contribution in [-0.4, -0.2) is 6.04 Å². The maximum atomic E-state index is 12.5. The van der Waals surface area contributed by atoms with E-state index in [1.54, 1.807) is 12.1 Å². The molecule has 0 spiro atoms. The highest BCUT2D eigenvalue weighted by atomic mass is 19.3. The van der Waals surface area contributed by atoms with Crippen molar-refractivity contribution in [1.82, 2.24) is 5.32 Å². The van der Waals surface area contributed by atoms with E-state index in [1.807, 2.05) is 6.07 Å². The lowest BCUT2D eigenvalue weighted by Gasteiger charge is -2.13. The lowest BCUT2D eigenvalue weighted by atomic mass is 10.1. The first-order chi connectivity index (χ1) is 8.13. The Kier molecular flexibility index (Phi) is 6.12. The van der Waals surface area contributed by atoms with Crippen molar-refractivity contribution in [2.75, 3.05) is 0 Å². The van der Waals surface area contributed by atoms with E-state index in [1.165, 1.54) is 18.9 Å². The van der Waals surface area contributed by atoms with Crippen molar-refractivity contribution in [1.29, 1.82) is 0 Å². The van der Waals surface area contributed by atoms with Crippen LogP contribution in [0.1, 0.15) is 50.7 Å². The minimum atomic E-state index is -2.38. The minimum Gasteiger partial charge on any atom is -0.310 e. The van der Waals surface area contributed by atoms with Crippen molar-refractivity contribution < 1.29 is 8.78 Å². The van der Waals surface area contributed by atoms with Crippen molar-refractivity contribution in [3.05, 3.63) is 35.4 Å². The van der Waals surface area contributed by atoms with Crippen LogP contribution in [0.4, 0.5) is 8.78 Å². The molecule has 0 aliphatic heterocycles. The van der Waals surface area contributed by atoms with Gasteiger partial charge in [-0.3, -0.25) is 0 Å². The molecule has 0 fully saturated rings. The number of nitrogens with one attached hydrogen (secondary N) is 1. The van der Waals surface area contributed by atoms with E-state index in [0.717, 1.165) is 12.0 Å². The summed E-state index contributed by atoms with van der Waals surface area (Å²) in [6.07, 6.45) is 1.14. The van der Waals surface area contributed by atoms with Crippen LogP contribution in [0.5, 0.6) is 0 Å². The maximum absolute atomic E-state index is 12.5. The van der Waals surface area contributed by atoms with Crippen LogP contribution in [-0.2, 0) is 6.54 Å². The Morgan fingerprint density at radius 1 is 1.29 bits per heavy atom. The summed E-state index contributed by atoms with van der Waals surface area (Å²) in [5.41, 5.74) is 1.02. The molecule has 0 aromatic heterocycles. The first kappa shape index (κ1) is 14.1. The van der Waals surface area contributed by atoms with Crippen molar-refractivity contribution in [2.45, 2.75) is 52.1 Å². The average Bonchev–Trinajstić information content (AvgIpc) is 2.34. The summed E-state index contributed by atoms with van der Waals surface area (Å²) in [5, 5.41) is 3.35. The molecule has 0 bridgehead atoms. The van der Waals surface area contributed by atoms with Crippen LogP contribution in [0.2, 0.25) is 0 Å². The zero-order valence-electron chi connectivity index (χ0n) is 10.5. The number of hydrogen-bond acceptors (Lipinski definition) is 1. The molecule has 1 N–H and O–H groups in total. The number of halogens is 2. The molecule has 0 saturated carbocycles. The zero-order valence-corrected chi connectivity index (χ0v) is 10.5. The summed E-state index contributed by atoms with van der Waals surface area (Å²) in [7, 11) is 0. The third-order valence-electron chi connectivity index (χ3n) is 2.85. The Labute approximate surface area is 102 Å². The summed E-state index contributed by atoms with van der Waals surface area (Å²) in [6, 6.07) is 7.05. The Morgan fingerprint density at radius 2 is 2.06 bits per heavy atom. The molecular formula is C14H21F2N. The summed E-state index contributed by atoms with van der Waals surface area (Å²) < 4.78 is 25.0. The molecule has 1 aromatic carbocycles. The third-order valence-corrected chi connectivity index (χ3v) is 2.85. The lowest BCUT2D eigenvalue weighted by Crippen LogP contribution is -2.25. The van der Waals surface area contributed by atoms with Crippen LogP contribution in [0.25, 0.3) is 0 Å². The van der Waals surface area contributed by atoms with E-state index in [0.29, 0.717) is 12.6 Å². The fourth-order valence-corrected chi connectivity index (χ4v) is 1.74. The molecule has 0 saturated heterocycles. The molecule has 1 rings (SSSR count). The lowest BCUT2D eigenvalue weighted by molar-refractivity contribution is 0.151. The Balaban J connectivity index is 2.43. The second-order valence-corrected chi connectivity index (χ2v) is 4.47. The molecule has 1 unspecified atom stereocenters. The quantitative estimate of drug-likeness (QED) is 0.750. The Morgan fingerprint density at radius 3 is 2.71 bits per heavy atom. The van der Waals surface area contributed by atoms with Crippen LogP contribution >= 0.6 is 0 Å². The predicted octanol–water partition coefficient (Wildman–Crippen LogP) is 4.29. The minimum absolute atomic E-state index is 0.102. The summed E-state index contributed by atoms with van der Waals surface area (Å²) >= 11 is 0. The van der Waals surface area contributed by atoms with Gasteiger partial charge in [-0.2, -0.15) is 0 Å². The van der Waals surface area contributed by atoms with Gasteiger partial charge in [0.15, 0.2) is 0 Å². The van der Waals surface area contributed by atoms with Crippen molar-refractivity contribution >= 4 is 0 Å². The molecule has 1 aromatic rings. The van der Waals surface area contributed by atoms with E-state index in [-0.39, 0.29) is 5.56 Å². The number of rotatable bonds is 7. The van der Waals surface area contributed by atoms with Gasteiger partial charge in [0, 0.05) is 18.2 Å². The fraction of sp³-hybridized carbons (Fsp3) is 0.571. The van der Waals surface area contributed by atoms with Crippen LogP contribution < -0.4 is 5.32 Å². The summed E-state index contributed by atoms with van der Waals surface area (Å²) in [6.45, 7) is 4.96. The monoisotopic (exact) mass is 241 g/mol. The van der Waals surface area contributed by atoms with E-state index >= 15 is 0 Å². The summed E-state index contributed by atoms with van der Waals surface area (Å²) in [5.74, 6) is 0. The van der Waals surface area contributed by atoms with E-state index < -0.39 is 6.43 Å². The Bertz CT molecular complexity index is 326. The fourth-order valence-electron chi connectivity index (χ4n) is 1.74. The van der Waals surface area contributed by atoms with Crippen LogP contribution in [0, 0.1) is 0 Å². The molecule has 3 heteroatoms. The number of unbranched alkanes of at least 4 members (excludes halogenated alkanes) is 1. The van der Waals surface area contributed by atoms with Crippen LogP contribution in [0.3, 0.4) is 0 Å². The number of hydrogen-bond donors (Lipinski definition) is 1. The third kappa shape index (κ3) is 5.26. The molecule has 96 valence electrons. The number of alkyl halides is 2. The van der Waals surface area contributed by atoms with Gasteiger partial charge in [-0.15, -0.1) is 0 Å². The predicted molar refractivity (Wildman–Crippen MR) is 67.2 cm³/mol. The van der Waals surface area contributed by atoms with Gasteiger partial charge in [0.05, 0.1) is 0 Å². The van der Waals surface area contributed by atoms with E-state index in [9.17, 15) is 8.78 Å². The van der Waals surface area contributed by atoms with Gasteiger partial charge in [0.2, 0.25) is 0 Å². The zero-order chi connectivity index (χ0) is 12.7. The van der Waals surface area contributed by atoms with Gasteiger partial charge in [-0.1, -0.05) is 38.0 Å². The molecule has 0 radical (unpaired) electrons. The van der Waals surface area contributed by atoms with Crippen molar-refractivity contribution in [2.24, 2.45) is 0 Å². The van der Waals surface area contributed by atoms with Gasteiger partial charge in [-0.05, 0) is 25.0 Å². The highest BCUT2D eigenvalue weighted by Crippen LogP contribution is 2.19. The van der Waals surface area contributed by atoms with E-state index in [2.05, 4.69) is 19.2 Å². The maximum Gasteiger partial charge on any atom is 0.263 e. The van der Waals surface area contributed by atoms with E-state index in [4.69, 9.17) is 0 Å². The number of benzene rings is 1. The molecule has 0 aliphatic carbocycles. The van der Waals surface area contributed by atoms with Gasteiger partial charge in [0.1, 0.15) is 0 Å². The summed E-state index contributed by atoms with van der Waals surface area (Å²) in [4.78, 5) is 0. The smallest absolute Gasteiger partial charge is 0.263 e. The average molecular weight is 241 g/mol. The first-order valence-electron chi connectivity index (χ1n) is 6.23. The van der Waals surface area contributed by atoms with Gasteiger partial charge >= 0.3 is 0 Å². The first-order valence-corrected chi connectivity index (χ1v) is 6.23. The Hall–Kier alpha value is -0.960. The molecule has 0 heterocycles. The highest BCUT2D eigenvalue weighted by Gasteiger charge is 2.07. The molecule has 0 aliphatic rings. The topological polar surface area (TPSA) is 12.0 Å². The molecule has 1 nitrogen and oxygen atoms in total. The normalized spacial score (nSPS) is 13.0. The van der Waals surface area contributed by atoms with Gasteiger partial charge in [0.25, 0.3) is 6.43 Å². The molecule has 17 heavy (non-hydrogen) atoms. The van der Waals surface area contributed by atoms with Crippen LogP contribution in [0.15, 0.2) is 24.3 Å². The highest BCUT2D eigenvalue weighted by molar-refractivity contribution is 5.24. The SMILES string of the molecule is CCCCC(C)NCc1cccc(C(F)F)c1. The van der Waals surface area contributed by atoms with Gasteiger partial charge in [-0.25, -0.2) is 8.78 Å². The van der Waals surface area contributed by atoms with Crippen molar-refractivity contribution in [3.8, 4) is 0 Å². The molecule has 1 atom stereocenters. The second kappa shape index (κ2) is 7.38. The van der Waals surface area contributed by atoms with Gasteiger partial charge < -0.3 is 5.32 Å². The van der Waals surface area contributed by atoms with Crippen molar-refractivity contribution in [3.63, 3.8) is 0 Å². The second-order valence-electron chi connectivity index (χ2n) is 4.47. The largest absolute Gasteiger partial charge is 0.310 e. The standard InChI is InChI=1S/C14H21F2N/c1-3-4-6-11(2)17-10-12-7-5-8-13(9-12)14(15)16/h5,7-9,11,14,17H,3-4,6,10H2,1-2H3. The molecule has 0 amide bonds. The molecular weight excluding hydrogens is 220 g/mol.